The SMILES string of the molecule is CSc1ccc(N(CC#Cc2cc3c(N[C@@H]4CCC[C@@H](C)C4)cccc3n2CC(F)(F)F)C(=O)C(C)C)c(O)c1. The molecule has 5 nitrogen and oxygen atoms in total. The van der Waals surface area contributed by atoms with Crippen LogP contribution in [0.5, 0.6) is 5.75 Å². The molecule has 0 saturated heterocycles. The first-order valence-electron chi connectivity index (χ1n) is 13.6. The number of halogens is 3. The van der Waals surface area contributed by atoms with E-state index in [2.05, 4.69) is 24.1 Å². The second-order valence-corrected chi connectivity index (χ2v) is 11.7. The molecule has 3 aromatic rings. The fourth-order valence-corrected chi connectivity index (χ4v) is 5.74. The molecule has 1 aliphatic rings. The van der Waals surface area contributed by atoms with Gasteiger partial charge in [0.15, 0.2) is 0 Å². The van der Waals surface area contributed by atoms with E-state index in [1.54, 1.807) is 50.2 Å². The number of nitrogens with one attached hydrogen (secondary N) is 1. The van der Waals surface area contributed by atoms with E-state index >= 15 is 0 Å². The number of rotatable bonds is 7. The molecule has 0 radical (unpaired) electrons. The van der Waals surface area contributed by atoms with Crippen LogP contribution in [0.15, 0.2) is 47.4 Å². The first-order chi connectivity index (χ1) is 19.0. The molecule has 0 aliphatic heterocycles. The van der Waals surface area contributed by atoms with Crippen molar-refractivity contribution in [3.05, 3.63) is 48.2 Å². The summed E-state index contributed by atoms with van der Waals surface area (Å²) < 4.78 is 42.1. The summed E-state index contributed by atoms with van der Waals surface area (Å²) in [4.78, 5) is 15.2. The van der Waals surface area contributed by atoms with Gasteiger partial charge in [-0.3, -0.25) is 9.69 Å². The highest BCUT2D eigenvalue weighted by Gasteiger charge is 2.30. The lowest BCUT2D eigenvalue weighted by Crippen LogP contribution is -2.34. The van der Waals surface area contributed by atoms with E-state index in [9.17, 15) is 23.1 Å². The van der Waals surface area contributed by atoms with Gasteiger partial charge in [0.05, 0.1) is 23.4 Å². The maximum atomic E-state index is 13.6. The lowest BCUT2D eigenvalue weighted by atomic mass is 9.87. The Hall–Kier alpha value is -3.25. The van der Waals surface area contributed by atoms with Gasteiger partial charge in [-0.25, -0.2) is 0 Å². The third-order valence-electron chi connectivity index (χ3n) is 7.27. The highest BCUT2D eigenvalue weighted by Crippen LogP contribution is 2.34. The summed E-state index contributed by atoms with van der Waals surface area (Å²) in [7, 11) is 0. The second-order valence-electron chi connectivity index (χ2n) is 10.8. The van der Waals surface area contributed by atoms with E-state index in [-0.39, 0.29) is 35.9 Å². The molecule has 1 aromatic heterocycles. The van der Waals surface area contributed by atoms with Crippen molar-refractivity contribution in [2.45, 2.75) is 70.1 Å². The van der Waals surface area contributed by atoms with E-state index in [0.29, 0.717) is 22.5 Å². The summed E-state index contributed by atoms with van der Waals surface area (Å²) in [5.74, 6) is 5.76. The number of nitrogens with zero attached hydrogens (tertiary/aromatic N) is 2. The molecule has 1 amide bonds. The quantitative estimate of drug-likeness (QED) is 0.226. The Morgan fingerprint density at radius 3 is 2.65 bits per heavy atom. The maximum absolute atomic E-state index is 13.6. The first kappa shape index (κ1) is 29.7. The van der Waals surface area contributed by atoms with E-state index in [0.717, 1.165) is 29.8 Å². The highest BCUT2D eigenvalue weighted by atomic mass is 32.2. The van der Waals surface area contributed by atoms with Crippen LogP contribution in [-0.2, 0) is 11.3 Å². The molecule has 214 valence electrons. The van der Waals surface area contributed by atoms with Crippen molar-refractivity contribution in [3.63, 3.8) is 0 Å². The minimum Gasteiger partial charge on any atom is -0.506 e. The van der Waals surface area contributed by atoms with Crippen molar-refractivity contribution in [3.8, 4) is 17.6 Å². The monoisotopic (exact) mass is 571 g/mol. The van der Waals surface area contributed by atoms with Gasteiger partial charge in [0.1, 0.15) is 12.3 Å². The molecule has 1 saturated carbocycles. The van der Waals surface area contributed by atoms with Crippen LogP contribution in [-0.4, -0.2) is 40.6 Å². The number of phenolic OH excluding ortho intramolecular Hbond substituents is 1. The van der Waals surface area contributed by atoms with Gasteiger partial charge in [-0.1, -0.05) is 45.6 Å². The zero-order chi connectivity index (χ0) is 29.0. The molecule has 2 N–H and O–H groups in total. The van der Waals surface area contributed by atoms with Crippen molar-refractivity contribution in [2.75, 3.05) is 23.0 Å². The molecule has 2 aromatic carbocycles. The third kappa shape index (κ3) is 7.08. The number of hydrogen-bond donors (Lipinski definition) is 2. The first-order valence-corrected chi connectivity index (χ1v) is 14.8. The lowest BCUT2D eigenvalue weighted by molar-refractivity contribution is -0.140. The van der Waals surface area contributed by atoms with E-state index < -0.39 is 12.7 Å². The van der Waals surface area contributed by atoms with Gasteiger partial charge in [-0.2, -0.15) is 13.2 Å². The van der Waals surface area contributed by atoms with Crippen molar-refractivity contribution >= 4 is 39.9 Å². The normalized spacial score (nSPS) is 17.5. The van der Waals surface area contributed by atoms with Crippen LogP contribution in [0, 0.1) is 23.7 Å². The Bertz CT molecular complexity index is 1420. The Morgan fingerprint density at radius 1 is 1.23 bits per heavy atom. The van der Waals surface area contributed by atoms with Gasteiger partial charge in [0, 0.05) is 27.9 Å². The zero-order valence-electron chi connectivity index (χ0n) is 23.3. The summed E-state index contributed by atoms with van der Waals surface area (Å²) in [5.41, 5.74) is 1.79. The maximum Gasteiger partial charge on any atom is 0.406 e. The number of aromatic nitrogens is 1. The average Bonchev–Trinajstić information content (AvgIpc) is 3.23. The van der Waals surface area contributed by atoms with Crippen LogP contribution in [0.2, 0.25) is 0 Å². The predicted molar refractivity (Wildman–Crippen MR) is 157 cm³/mol. The molecule has 1 aliphatic carbocycles. The second kappa shape index (κ2) is 12.5. The van der Waals surface area contributed by atoms with Crippen molar-refractivity contribution < 1.29 is 23.1 Å². The number of hydrogen-bond acceptors (Lipinski definition) is 4. The third-order valence-corrected chi connectivity index (χ3v) is 7.99. The van der Waals surface area contributed by atoms with Crippen molar-refractivity contribution in [1.29, 1.82) is 0 Å². The summed E-state index contributed by atoms with van der Waals surface area (Å²) >= 11 is 1.46. The number of thioether (sulfide) groups is 1. The van der Waals surface area contributed by atoms with Crippen LogP contribution in [0.4, 0.5) is 24.5 Å². The number of benzene rings is 2. The van der Waals surface area contributed by atoms with Gasteiger partial charge in [0.25, 0.3) is 0 Å². The summed E-state index contributed by atoms with van der Waals surface area (Å²) in [6.07, 6.45) is 1.82. The molecule has 0 unspecified atom stereocenters. The number of phenols is 1. The predicted octanol–water partition coefficient (Wildman–Crippen LogP) is 7.66. The Morgan fingerprint density at radius 2 is 2.00 bits per heavy atom. The molecule has 0 bridgehead atoms. The largest absolute Gasteiger partial charge is 0.506 e. The summed E-state index contributed by atoms with van der Waals surface area (Å²) in [5, 5.41) is 14.9. The Balaban J connectivity index is 1.70. The van der Waals surface area contributed by atoms with Crippen LogP contribution in [0.25, 0.3) is 10.9 Å². The highest BCUT2D eigenvalue weighted by molar-refractivity contribution is 7.98. The van der Waals surface area contributed by atoms with Crippen LogP contribution in [0.1, 0.15) is 52.1 Å². The average molecular weight is 572 g/mol. The van der Waals surface area contributed by atoms with Crippen LogP contribution in [0.3, 0.4) is 0 Å². The number of anilines is 2. The number of amides is 1. The van der Waals surface area contributed by atoms with Gasteiger partial charge in [0.2, 0.25) is 5.91 Å². The van der Waals surface area contributed by atoms with Gasteiger partial charge < -0.3 is 15.0 Å². The Kier molecular flexibility index (Phi) is 9.29. The minimum atomic E-state index is -4.44. The lowest BCUT2D eigenvalue weighted by Gasteiger charge is -2.28. The smallest absolute Gasteiger partial charge is 0.406 e. The number of aromatic hydroxyl groups is 1. The van der Waals surface area contributed by atoms with Gasteiger partial charge in [-0.05, 0) is 67.3 Å². The van der Waals surface area contributed by atoms with E-state index in [1.165, 1.54) is 27.6 Å². The molecular formula is C31H36F3N3O2S. The molecule has 4 rings (SSSR count). The molecule has 0 spiro atoms. The molecule has 9 heteroatoms. The van der Waals surface area contributed by atoms with E-state index in [4.69, 9.17) is 0 Å². The molecule has 40 heavy (non-hydrogen) atoms. The van der Waals surface area contributed by atoms with Crippen molar-refractivity contribution in [2.24, 2.45) is 11.8 Å². The zero-order valence-corrected chi connectivity index (χ0v) is 24.1. The molecule has 1 heterocycles. The summed E-state index contributed by atoms with van der Waals surface area (Å²) in [6.45, 7) is 4.47. The van der Waals surface area contributed by atoms with Crippen molar-refractivity contribution in [1.82, 2.24) is 4.57 Å². The molecule has 1 fully saturated rings. The molecular weight excluding hydrogens is 535 g/mol. The fraction of sp³-hybridized carbons (Fsp3) is 0.452. The van der Waals surface area contributed by atoms with E-state index in [1.807, 2.05) is 12.3 Å². The number of alkyl halides is 3. The topological polar surface area (TPSA) is 57.5 Å². The number of carbonyl (C=O) groups is 1. The summed E-state index contributed by atoms with van der Waals surface area (Å²) in [6, 6.07) is 12.4. The van der Waals surface area contributed by atoms with Crippen LogP contribution >= 0.6 is 11.8 Å². The van der Waals surface area contributed by atoms with Crippen LogP contribution < -0.4 is 10.2 Å². The minimum absolute atomic E-state index is 0.0541. The Labute approximate surface area is 238 Å². The number of fused-ring (bicyclic) bond motifs is 1. The standard InChI is InChI=1S/C31H36F3N3O2S/c1-20(2)30(39)36(28-14-13-24(40-4)18-29(28)38)15-7-10-23-17-25-26(35-22-9-5-8-21(3)16-22)11-6-12-27(25)37(23)19-31(32,33)34/h6,11-14,17-18,20-22,35,38H,5,8-9,15-16,19H2,1-4H3/t21-,22-/m1/s1. The number of carbonyl (C=O) groups excluding carboxylic acids is 1. The fourth-order valence-electron chi connectivity index (χ4n) is 5.31. The van der Waals surface area contributed by atoms with Gasteiger partial charge >= 0.3 is 6.18 Å². The van der Waals surface area contributed by atoms with Gasteiger partial charge in [-0.15, -0.1) is 11.8 Å². The molecule has 2 atom stereocenters.